The summed E-state index contributed by atoms with van der Waals surface area (Å²) >= 11 is 1.44. The molecule has 0 aliphatic heterocycles. The zero-order valence-corrected chi connectivity index (χ0v) is 24.3. The number of aliphatic carboxylic acids is 1. The summed E-state index contributed by atoms with van der Waals surface area (Å²) in [6, 6.07) is 13.0. The number of hydrogen-bond acceptors (Lipinski definition) is 6. The van der Waals surface area contributed by atoms with Gasteiger partial charge < -0.3 is 14.6 Å². The number of carboxylic acid groups (broad SMARTS) is 1. The lowest BCUT2D eigenvalue weighted by Crippen LogP contribution is -2.63. The summed E-state index contributed by atoms with van der Waals surface area (Å²) in [5.74, 6) is 0.579. The molecule has 212 valence electrons. The maximum absolute atomic E-state index is 13.7. The van der Waals surface area contributed by atoms with E-state index in [1.807, 2.05) is 5.38 Å². The molecular formula is C31H35NO6S2. The van der Waals surface area contributed by atoms with Crippen LogP contribution < -0.4 is 9.50 Å². The number of carbonyl (C=O) groups is 2. The van der Waals surface area contributed by atoms with Crippen molar-refractivity contribution in [1.82, 2.24) is 5.32 Å². The molecule has 2 aromatic carbocycles. The van der Waals surface area contributed by atoms with Crippen LogP contribution in [-0.4, -0.2) is 31.4 Å². The Bertz CT molecular complexity index is 1530. The first-order chi connectivity index (χ1) is 19.1. The van der Waals surface area contributed by atoms with Crippen molar-refractivity contribution in [2.75, 3.05) is 0 Å². The number of amides is 1. The van der Waals surface area contributed by atoms with Gasteiger partial charge in [0, 0.05) is 27.9 Å². The molecular weight excluding hydrogens is 546 g/mol. The number of carboxylic acids is 1. The molecule has 1 heterocycles. The van der Waals surface area contributed by atoms with Crippen LogP contribution in [0.25, 0.3) is 10.1 Å². The van der Waals surface area contributed by atoms with E-state index in [2.05, 4.69) is 31.3 Å². The fraction of sp³-hybridized carbons (Fsp3) is 0.419. The molecule has 3 aromatic rings. The topological polar surface area (TPSA) is 110 Å². The van der Waals surface area contributed by atoms with Gasteiger partial charge in [0.1, 0.15) is 10.6 Å². The Kier molecular flexibility index (Phi) is 8.06. The average molecular weight is 582 g/mol. The molecule has 4 atom stereocenters. The van der Waals surface area contributed by atoms with Crippen molar-refractivity contribution in [2.45, 2.75) is 63.3 Å². The molecule has 7 nitrogen and oxygen atoms in total. The molecule has 2 bridgehead atoms. The smallest absolute Gasteiger partial charge is 0.339 e. The Balaban J connectivity index is 1.32. The first kappa shape index (κ1) is 28.4. The molecule has 6 rings (SSSR count). The standard InChI is InChI=1S/C31H35NO6S2/c1-31(2)21-16-20(10-6-3-4-9-13-28(33)34)29(26(31)17-21)32-30(35)25-19-39-27-15-14-22(18-24(25)27)38-40(36,37)23-11-7-5-8-12-23/h3,5-8,11-12,14-15,18-21,26,29H,4,9-10,13,16-17H2,1-2H3,(H,32,35)(H,33,34)/b6-3-/t20-,21+,26+,29+/m0/s1. The average Bonchev–Trinajstić information content (AvgIpc) is 3.34. The van der Waals surface area contributed by atoms with Crippen LogP contribution >= 0.6 is 11.3 Å². The molecule has 3 aliphatic carbocycles. The number of hydrogen-bond donors (Lipinski definition) is 2. The second kappa shape index (κ2) is 11.4. The van der Waals surface area contributed by atoms with Crippen LogP contribution in [-0.2, 0) is 14.9 Å². The second-order valence-electron chi connectivity index (χ2n) is 11.5. The van der Waals surface area contributed by atoms with Crippen molar-refractivity contribution in [2.24, 2.45) is 23.2 Å². The van der Waals surface area contributed by atoms with Crippen LogP contribution in [0.4, 0.5) is 0 Å². The predicted molar refractivity (Wildman–Crippen MR) is 156 cm³/mol. The first-order valence-corrected chi connectivity index (χ1v) is 16.0. The van der Waals surface area contributed by atoms with Crippen LogP contribution in [0.1, 0.15) is 62.7 Å². The fourth-order valence-electron chi connectivity index (χ4n) is 6.35. The van der Waals surface area contributed by atoms with Gasteiger partial charge in [0.05, 0.1) is 5.56 Å². The SMILES string of the molecule is CC1(C)[C@@H]2C[C@H](C/C=C\CCCC(=O)O)[C@@H](NC(=O)c3csc4ccc(OS(=O)(=O)c5ccccc5)cc34)[C@H]1C2. The Morgan fingerprint density at radius 2 is 1.90 bits per heavy atom. The zero-order valence-electron chi connectivity index (χ0n) is 22.7. The number of fused-ring (bicyclic) bond motifs is 3. The van der Waals surface area contributed by atoms with Gasteiger partial charge in [-0.1, -0.05) is 44.2 Å². The molecule has 9 heteroatoms. The number of nitrogens with one attached hydrogen (secondary N) is 1. The van der Waals surface area contributed by atoms with Crippen LogP contribution in [0, 0.1) is 23.2 Å². The summed E-state index contributed by atoms with van der Waals surface area (Å²) in [5.41, 5.74) is 0.688. The van der Waals surface area contributed by atoms with E-state index in [9.17, 15) is 18.0 Å². The first-order valence-electron chi connectivity index (χ1n) is 13.7. The molecule has 0 saturated heterocycles. The van der Waals surface area contributed by atoms with Gasteiger partial charge in [0.2, 0.25) is 0 Å². The Morgan fingerprint density at radius 1 is 1.12 bits per heavy atom. The number of thiophene rings is 1. The van der Waals surface area contributed by atoms with Gasteiger partial charge in [-0.05, 0) is 85.6 Å². The largest absolute Gasteiger partial charge is 0.481 e. The molecule has 3 fully saturated rings. The van der Waals surface area contributed by atoms with Crippen molar-refractivity contribution in [3.05, 3.63) is 71.6 Å². The van der Waals surface area contributed by atoms with E-state index >= 15 is 0 Å². The number of unbranched alkanes of at least 4 members (excludes halogenated alkanes) is 1. The lowest BCUT2D eigenvalue weighted by molar-refractivity contribution is -0.137. The Hall–Kier alpha value is -3.17. The third kappa shape index (κ3) is 5.81. The summed E-state index contributed by atoms with van der Waals surface area (Å²) < 4.78 is 31.8. The van der Waals surface area contributed by atoms with E-state index in [0.717, 1.165) is 30.4 Å². The monoisotopic (exact) mass is 581 g/mol. The van der Waals surface area contributed by atoms with Gasteiger partial charge in [-0.3, -0.25) is 9.59 Å². The van der Waals surface area contributed by atoms with E-state index in [1.54, 1.807) is 36.4 Å². The Morgan fingerprint density at radius 3 is 2.62 bits per heavy atom. The molecule has 3 aliphatic rings. The third-order valence-electron chi connectivity index (χ3n) is 8.77. The second-order valence-corrected chi connectivity index (χ2v) is 14.0. The number of allylic oxidation sites excluding steroid dienone is 2. The molecule has 0 radical (unpaired) electrons. The van der Waals surface area contributed by atoms with Crippen LogP contribution in [0.3, 0.4) is 0 Å². The predicted octanol–water partition coefficient (Wildman–Crippen LogP) is 6.65. The lowest BCUT2D eigenvalue weighted by atomic mass is 9.44. The highest BCUT2D eigenvalue weighted by molar-refractivity contribution is 7.87. The van der Waals surface area contributed by atoms with Crippen molar-refractivity contribution in [3.8, 4) is 5.75 Å². The minimum Gasteiger partial charge on any atom is -0.481 e. The molecule has 1 aromatic heterocycles. The van der Waals surface area contributed by atoms with E-state index in [-0.39, 0.29) is 34.4 Å². The minimum absolute atomic E-state index is 0.0315. The third-order valence-corrected chi connectivity index (χ3v) is 11.0. The van der Waals surface area contributed by atoms with E-state index < -0.39 is 16.1 Å². The zero-order chi connectivity index (χ0) is 28.5. The van der Waals surface area contributed by atoms with E-state index in [1.165, 1.54) is 23.5 Å². The van der Waals surface area contributed by atoms with Crippen molar-refractivity contribution < 1.29 is 27.3 Å². The highest BCUT2D eigenvalue weighted by atomic mass is 32.2. The Labute approximate surface area is 239 Å². The lowest BCUT2D eigenvalue weighted by Gasteiger charge is -2.62. The number of carbonyl (C=O) groups excluding carboxylic acids is 1. The van der Waals surface area contributed by atoms with Crippen LogP contribution in [0.5, 0.6) is 5.75 Å². The maximum atomic E-state index is 13.7. The molecule has 3 saturated carbocycles. The minimum atomic E-state index is -3.99. The summed E-state index contributed by atoms with van der Waals surface area (Å²) in [5, 5.41) is 14.7. The highest BCUT2D eigenvalue weighted by Crippen LogP contribution is 2.61. The van der Waals surface area contributed by atoms with Gasteiger partial charge >= 0.3 is 16.1 Å². The molecule has 2 N–H and O–H groups in total. The van der Waals surface area contributed by atoms with Crippen LogP contribution in [0.2, 0.25) is 0 Å². The van der Waals surface area contributed by atoms with E-state index in [0.29, 0.717) is 35.1 Å². The normalized spacial score (nSPS) is 23.6. The van der Waals surface area contributed by atoms with Crippen molar-refractivity contribution >= 4 is 43.4 Å². The summed E-state index contributed by atoms with van der Waals surface area (Å²) in [4.78, 5) is 24.5. The van der Waals surface area contributed by atoms with Gasteiger partial charge in [-0.15, -0.1) is 11.3 Å². The van der Waals surface area contributed by atoms with Gasteiger partial charge in [-0.25, -0.2) is 0 Å². The fourth-order valence-corrected chi connectivity index (χ4v) is 8.22. The van der Waals surface area contributed by atoms with Crippen molar-refractivity contribution in [1.29, 1.82) is 0 Å². The number of rotatable bonds is 11. The molecule has 0 spiro atoms. The van der Waals surface area contributed by atoms with E-state index in [4.69, 9.17) is 9.29 Å². The molecule has 40 heavy (non-hydrogen) atoms. The number of benzene rings is 2. The summed E-state index contributed by atoms with van der Waals surface area (Å²) in [7, 11) is -3.99. The van der Waals surface area contributed by atoms with Gasteiger partial charge in [0.25, 0.3) is 5.91 Å². The summed E-state index contributed by atoms with van der Waals surface area (Å²) in [6.45, 7) is 4.58. The maximum Gasteiger partial charge on any atom is 0.339 e. The van der Waals surface area contributed by atoms with Gasteiger partial charge in [0.15, 0.2) is 0 Å². The molecule has 1 amide bonds. The van der Waals surface area contributed by atoms with Crippen molar-refractivity contribution in [3.63, 3.8) is 0 Å². The molecule has 0 unspecified atom stereocenters. The highest BCUT2D eigenvalue weighted by Gasteiger charge is 2.57. The van der Waals surface area contributed by atoms with Gasteiger partial charge in [-0.2, -0.15) is 8.42 Å². The van der Waals surface area contributed by atoms with Crippen LogP contribution in [0.15, 0.2) is 71.0 Å². The quantitative estimate of drug-likeness (QED) is 0.149. The summed E-state index contributed by atoms with van der Waals surface area (Å²) in [6.07, 6.45) is 8.73.